The molecule has 3 rings (SSSR count). The van der Waals surface area contributed by atoms with Crippen LogP contribution in [0.25, 0.3) is 0 Å². The third kappa shape index (κ3) is 6.76. The molecule has 32 heavy (non-hydrogen) atoms. The highest BCUT2D eigenvalue weighted by molar-refractivity contribution is 6.01. The van der Waals surface area contributed by atoms with Gasteiger partial charge in [0.1, 0.15) is 30.1 Å². The molecule has 0 unspecified atom stereocenters. The minimum atomic E-state index is -0.838. The number of rotatable bonds is 11. The number of aliphatic hydroxyl groups is 1. The molecule has 2 aromatic carbocycles. The second-order valence-corrected chi connectivity index (χ2v) is 7.50. The fourth-order valence-corrected chi connectivity index (χ4v) is 3.47. The Hall–Kier alpha value is -2.99. The molecule has 0 amide bonds. The van der Waals surface area contributed by atoms with Gasteiger partial charge in [-0.3, -0.25) is 4.90 Å². The van der Waals surface area contributed by atoms with Gasteiger partial charge in [-0.05, 0) is 35.9 Å². The molecule has 1 aliphatic rings. The lowest BCUT2D eigenvalue weighted by atomic mass is 10.0. The summed E-state index contributed by atoms with van der Waals surface area (Å²) in [5, 5.41) is 14.5. The molecule has 0 saturated heterocycles. The fraction of sp³-hybridized carbons (Fsp3) is 0.375. The summed E-state index contributed by atoms with van der Waals surface area (Å²) < 4.78 is 37.9. The quantitative estimate of drug-likeness (QED) is 0.427. The molecular formula is C24H26F2N2O4. The van der Waals surface area contributed by atoms with Crippen LogP contribution in [0.2, 0.25) is 0 Å². The highest BCUT2D eigenvalue weighted by Gasteiger charge is 2.26. The normalized spacial score (nSPS) is 16.4. The summed E-state index contributed by atoms with van der Waals surface area (Å²) in [7, 11) is 1.60. The lowest BCUT2D eigenvalue weighted by molar-refractivity contribution is 0.00391. The van der Waals surface area contributed by atoms with Crippen molar-refractivity contribution in [2.45, 2.75) is 25.2 Å². The number of benzene rings is 2. The SMILES string of the molecule is C#CCOC[C@@H](O)CN(Cc1ccc(F)cc1F)C[C@H]1CC(c2ccc(OC)cc2)=NO1. The Morgan fingerprint density at radius 2 is 2.06 bits per heavy atom. The number of aliphatic hydroxyl groups excluding tert-OH is 1. The topological polar surface area (TPSA) is 63.5 Å². The summed E-state index contributed by atoms with van der Waals surface area (Å²) in [5.41, 5.74) is 2.04. The Bertz CT molecular complexity index is 959. The third-order valence-corrected chi connectivity index (χ3v) is 4.99. The highest BCUT2D eigenvalue weighted by atomic mass is 19.1. The molecule has 8 heteroatoms. The highest BCUT2D eigenvalue weighted by Crippen LogP contribution is 2.21. The van der Waals surface area contributed by atoms with Gasteiger partial charge in [0.15, 0.2) is 0 Å². The molecule has 0 bridgehead atoms. The summed E-state index contributed by atoms with van der Waals surface area (Å²) in [6.45, 7) is 0.876. The minimum Gasteiger partial charge on any atom is -0.497 e. The summed E-state index contributed by atoms with van der Waals surface area (Å²) in [4.78, 5) is 7.43. The molecule has 170 valence electrons. The first kappa shape index (κ1) is 23.7. The standard InChI is InChI=1S/C24H26F2N2O4/c1-3-10-31-16-20(29)14-28(13-18-4-7-19(25)11-23(18)26)15-22-12-24(27-32-22)17-5-8-21(30-2)9-6-17/h1,4-9,11,20,22,29H,10,12-16H2,2H3/t20-,22+/m0/s1. The number of ether oxygens (including phenoxy) is 2. The van der Waals surface area contributed by atoms with Crippen molar-refractivity contribution < 1.29 is 28.2 Å². The van der Waals surface area contributed by atoms with Crippen LogP contribution in [0.5, 0.6) is 5.75 Å². The average Bonchev–Trinajstić information content (AvgIpc) is 3.24. The van der Waals surface area contributed by atoms with E-state index >= 15 is 0 Å². The average molecular weight is 444 g/mol. The van der Waals surface area contributed by atoms with E-state index < -0.39 is 17.7 Å². The summed E-state index contributed by atoms with van der Waals surface area (Å²) in [5.74, 6) is 1.80. The lowest BCUT2D eigenvalue weighted by Crippen LogP contribution is -2.39. The van der Waals surface area contributed by atoms with Crippen LogP contribution >= 0.6 is 0 Å². The zero-order valence-electron chi connectivity index (χ0n) is 17.8. The number of oxime groups is 1. The summed E-state index contributed by atoms with van der Waals surface area (Å²) in [6, 6.07) is 11.0. The number of hydrogen-bond acceptors (Lipinski definition) is 6. The van der Waals surface area contributed by atoms with Gasteiger partial charge in [0.25, 0.3) is 0 Å². The molecule has 1 aliphatic heterocycles. The van der Waals surface area contributed by atoms with E-state index in [0.29, 0.717) is 18.5 Å². The molecule has 2 aromatic rings. The summed E-state index contributed by atoms with van der Waals surface area (Å²) in [6.07, 6.45) is 4.59. The number of terminal acetylenes is 1. The molecule has 0 radical (unpaired) electrons. The number of hydrogen-bond donors (Lipinski definition) is 1. The van der Waals surface area contributed by atoms with Crippen LogP contribution in [0.15, 0.2) is 47.6 Å². The lowest BCUT2D eigenvalue weighted by Gasteiger charge is -2.27. The van der Waals surface area contributed by atoms with Crippen LogP contribution in [-0.4, -0.2) is 61.3 Å². The largest absolute Gasteiger partial charge is 0.497 e. The first-order valence-corrected chi connectivity index (χ1v) is 10.2. The van der Waals surface area contributed by atoms with Gasteiger partial charge in [-0.2, -0.15) is 0 Å². The Labute approximate surface area is 186 Å². The fourth-order valence-electron chi connectivity index (χ4n) is 3.47. The Balaban J connectivity index is 1.64. The van der Waals surface area contributed by atoms with Gasteiger partial charge in [-0.1, -0.05) is 17.1 Å². The van der Waals surface area contributed by atoms with Crippen molar-refractivity contribution in [1.82, 2.24) is 4.90 Å². The zero-order chi connectivity index (χ0) is 22.9. The van der Waals surface area contributed by atoms with Crippen molar-refractivity contribution in [2.24, 2.45) is 5.16 Å². The van der Waals surface area contributed by atoms with Gasteiger partial charge >= 0.3 is 0 Å². The number of methoxy groups -OCH3 is 1. The second-order valence-electron chi connectivity index (χ2n) is 7.50. The van der Waals surface area contributed by atoms with E-state index in [0.717, 1.165) is 23.1 Å². The van der Waals surface area contributed by atoms with Crippen LogP contribution in [0.1, 0.15) is 17.5 Å². The van der Waals surface area contributed by atoms with E-state index in [9.17, 15) is 13.9 Å². The van der Waals surface area contributed by atoms with Crippen LogP contribution in [-0.2, 0) is 16.1 Å². The van der Waals surface area contributed by atoms with Gasteiger partial charge in [0, 0.05) is 37.7 Å². The third-order valence-electron chi connectivity index (χ3n) is 4.99. The minimum absolute atomic E-state index is 0.0473. The van der Waals surface area contributed by atoms with Crippen molar-refractivity contribution in [3.63, 3.8) is 0 Å². The molecule has 0 aromatic heterocycles. The van der Waals surface area contributed by atoms with Crippen molar-refractivity contribution in [2.75, 3.05) is 33.4 Å². The first-order valence-electron chi connectivity index (χ1n) is 10.2. The van der Waals surface area contributed by atoms with Gasteiger partial charge < -0.3 is 19.4 Å². The van der Waals surface area contributed by atoms with E-state index in [2.05, 4.69) is 11.1 Å². The first-order chi connectivity index (χ1) is 15.5. The van der Waals surface area contributed by atoms with E-state index in [1.807, 2.05) is 29.2 Å². The van der Waals surface area contributed by atoms with Gasteiger partial charge in [-0.15, -0.1) is 6.42 Å². The molecule has 0 aliphatic carbocycles. The molecule has 0 fully saturated rings. The predicted octanol–water partition coefficient (Wildman–Crippen LogP) is 2.98. The van der Waals surface area contributed by atoms with E-state index in [1.165, 1.54) is 12.1 Å². The van der Waals surface area contributed by atoms with E-state index in [4.69, 9.17) is 20.7 Å². The zero-order valence-corrected chi connectivity index (χ0v) is 17.8. The van der Waals surface area contributed by atoms with Crippen molar-refractivity contribution >= 4 is 5.71 Å². The van der Waals surface area contributed by atoms with Crippen LogP contribution in [0.3, 0.4) is 0 Å². The molecule has 1 N–H and O–H groups in total. The number of nitrogens with zero attached hydrogens (tertiary/aromatic N) is 2. The van der Waals surface area contributed by atoms with Gasteiger partial charge in [0.05, 0.1) is 25.5 Å². The van der Waals surface area contributed by atoms with E-state index in [1.54, 1.807) is 7.11 Å². The van der Waals surface area contributed by atoms with Crippen LogP contribution < -0.4 is 4.74 Å². The maximum absolute atomic E-state index is 14.2. The Kier molecular flexibility index (Phi) is 8.56. The van der Waals surface area contributed by atoms with Gasteiger partial charge in [0.2, 0.25) is 0 Å². The number of halogens is 2. The molecule has 0 saturated carbocycles. The smallest absolute Gasteiger partial charge is 0.145 e. The van der Waals surface area contributed by atoms with Crippen LogP contribution in [0.4, 0.5) is 8.78 Å². The Morgan fingerprint density at radius 3 is 2.75 bits per heavy atom. The Morgan fingerprint density at radius 1 is 1.28 bits per heavy atom. The maximum atomic E-state index is 14.2. The maximum Gasteiger partial charge on any atom is 0.145 e. The monoisotopic (exact) mass is 444 g/mol. The summed E-state index contributed by atoms with van der Waals surface area (Å²) >= 11 is 0. The van der Waals surface area contributed by atoms with Crippen molar-refractivity contribution in [1.29, 1.82) is 0 Å². The molecule has 2 atom stereocenters. The molecule has 1 heterocycles. The second kappa shape index (κ2) is 11.6. The predicted molar refractivity (Wildman–Crippen MR) is 116 cm³/mol. The van der Waals surface area contributed by atoms with Crippen LogP contribution in [0, 0.1) is 24.0 Å². The van der Waals surface area contributed by atoms with Gasteiger partial charge in [-0.25, -0.2) is 8.78 Å². The molecular weight excluding hydrogens is 418 g/mol. The van der Waals surface area contributed by atoms with Crippen molar-refractivity contribution in [3.8, 4) is 18.1 Å². The van der Waals surface area contributed by atoms with E-state index in [-0.39, 0.29) is 32.4 Å². The molecule has 6 nitrogen and oxygen atoms in total. The van der Waals surface area contributed by atoms with Crippen molar-refractivity contribution in [3.05, 3.63) is 65.2 Å². The molecule has 0 spiro atoms.